The van der Waals surface area contributed by atoms with E-state index in [1.807, 2.05) is 60.7 Å². The van der Waals surface area contributed by atoms with Crippen LogP contribution < -0.4 is 0 Å². The Morgan fingerprint density at radius 1 is 0.477 bits per heavy atom. The van der Waals surface area contributed by atoms with Crippen LogP contribution in [-0.2, 0) is 10.8 Å². The van der Waals surface area contributed by atoms with Gasteiger partial charge in [0.1, 0.15) is 0 Å². The van der Waals surface area contributed by atoms with Gasteiger partial charge in [-0.25, -0.2) is 15.0 Å². The van der Waals surface area contributed by atoms with Crippen molar-refractivity contribution < 1.29 is 0 Å². The highest BCUT2D eigenvalue weighted by Gasteiger charge is 2.42. The first kappa shape index (κ1) is 26.5. The zero-order valence-corrected chi connectivity index (χ0v) is 25.5. The Morgan fingerprint density at radius 2 is 0.955 bits per heavy atom. The van der Waals surface area contributed by atoms with Gasteiger partial charge in [-0.05, 0) is 70.8 Å². The molecule has 0 spiro atoms. The van der Waals surface area contributed by atoms with Gasteiger partial charge in [-0.2, -0.15) is 0 Å². The fraction of sp³-hybridized carbons (Fsp3) is 0.175. The minimum Gasteiger partial charge on any atom is -0.309 e. The minimum atomic E-state index is 0.129. The van der Waals surface area contributed by atoms with Crippen molar-refractivity contribution in [2.45, 2.75) is 44.9 Å². The summed E-state index contributed by atoms with van der Waals surface area (Å²) < 4.78 is 2.41. The smallest absolute Gasteiger partial charge is 0.164 e. The lowest BCUT2D eigenvalue weighted by atomic mass is 9.82. The fourth-order valence-electron chi connectivity index (χ4n) is 7.41. The van der Waals surface area contributed by atoms with Crippen LogP contribution >= 0.6 is 0 Å². The van der Waals surface area contributed by atoms with Gasteiger partial charge in [-0.15, -0.1) is 0 Å². The monoisotopic (exact) mass is 570 g/mol. The molecule has 0 aliphatic heterocycles. The van der Waals surface area contributed by atoms with Crippen molar-refractivity contribution in [1.29, 1.82) is 0 Å². The van der Waals surface area contributed by atoms with Crippen molar-refractivity contribution in [2.75, 3.05) is 0 Å². The van der Waals surface area contributed by atoms with E-state index < -0.39 is 0 Å². The first-order valence-electron chi connectivity index (χ1n) is 15.3. The number of aromatic nitrogens is 4. The quantitative estimate of drug-likeness (QED) is 0.211. The lowest BCUT2D eigenvalue weighted by Gasteiger charge is -2.22. The average Bonchev–Trinajstić information content (AvgIpc) is 3.47. The van der Waals surface area contributed by atoms with Gasteiger partial charge in [-0.3, -0.25) is 0 Å². The van der Waals surface area contributed by atoms with Crippen molar-refractivity contribution in [3.63, 3.8) is 0 Å². The maximum atomic E-state index is 4.93. The van der Waals surface area contributed by atoms with E-state index in [0.717, 1.165) is 28.8 Å². The predicted molar refractivity (Wildman–Crippen MR) is 181 cm³/mol. The van der Waals surface area contributed by atoms with Crippen molar-refractivity contribution in [2.24, 2.45) is 0 Å². The van der Waals surface area contributed by atoms with E-state index in [0.29, 0.717) is 17.5 Å². The van der Waals surface area contributed by atoms with Gasteiger partial charge >= 0.3 is 0 Å². The van der Waals surface area contributed by atoms with E-state index in [9.17, 15) is 0 Å². The highest BCUT2D eigenvalue weighted by Crippen LogP contribution is 2.51. The maximum absolute atomic E-state index is 4.93. The fourth-order valence-corrected chi connectivity index (χ4v) is 7.41. The predicted octanol–water partition coefficient (Wildman–Crippen LogP) is 9.93. The Balaban J connectivity index is 1.28. The SMILES string of the molecule is CC1(C)CC(C)(C)c2cc3c(cc21)c1ccccc1n3-c1ccc(-c2nc(-c3ccccc3)nc(-c3ccccc3)n2)cc1. The Labute approximate surface area is 258 Å². The molecule has 2 heterocycles. The lowest BCUT2D eigenvalue weighted by Crippen LogP contribution is -2.18. The standard InChI is InChI=1S/C40H34N4/c1-39(2)25-40(3,4)33-24-35-31(23-32(33)39)30-17-11-12-18-34(30)44(35)29-21-19-28(20-22-29)38-42-36(26-13-7-5-8-14-26)41-37(43-38)27-15-9-6-10-16-27/h5-24H,25H2,1-4H3. The van der Waals surface area contributed by atoms with E-state index in [-0.39, 0.29) is 10.8 Å². The van der Waals surface area contributed by atoms with Crippen molar-refractivity contribution in [3.8, 4) is 39.9 Å². The summed E-state index contributed by atoms with van der Waals surface area (Å²) >= 11 is 0. The van der Waals surface area contributed by atoms with Gasteiger partial charge in [0.05, 0.1) is 11.0 Å². The molecule has 0 amide bonds. The molecule has 0 saturated carbocycles. The van der Waals surface area contributed by atoms with E-state index in [1.165, 1.54) is 32.9 Å². The largest absolute Gasteiger partial charge is 0.309 e. The Morgan fingerprint density at radius 3 is 1.52 bits per heavy atom. The van der Waals surface area contributed by atoms with Gasteiger partial charge in [-0.1, -0.05) is 107 Å². The summed E-state index contributed by atoms with van der Waals surface area (Å²) in [5, 5.41) is 2.60. The average molecular weight is 571 g/mol. The molecule has 4 heteroatoms. The van der Waals surface area contributed by atoms with Crippen LogP contribution in [-0.4, -0.2) is 19.5 Å². The number of nitrogens with zero attached hydrogens (tertiary/aromatic N) is 4. The van der Waals surface area contributed by atoms with Crippen molar-refractivity contribution >= 4 is 21.8 Å². The molecule has 0 unspecified atom stereocenters. The molecule has 7 aromatic rings. The molecule has 1 aliphatic carbocycles. The van der Waals surface area contributed by atoms with E-state index >= 15 is 0 Å². The molecule has 214 valence electrons. The molecule has 0 radical (unpaired) electrons. The molecule has 1 aliphatic rings. The highest BCUT2D eigenvalue weighted by molar-refractivity contribution is 6.10. The number of fused-ring (bicyclic) bond motifs is 4. The number of rotatable bonds is 4. The number of hydrogen-bond acceptors (Lipinski definition) is 3. The summed E-state index contributed by atoms with van der Waals surface area (Å²) in [5.74, 6) is 1.99. The molecule has 5 aromatic carbocycles. The second kappa shape index (κ2) is 9.72. The Kier molecular flexibility index (Phi) is 5.86. The molecule has 0 atom stereocenters. The zero-order chi connectivity index (χ0) is 30.1. The van der Waals surface area contributed by atoms with Crippen LogP contribution in [0.2, 0.25) is 0 Å². The number of para-hydroxylation sites is 1. The molecular weight excluding hydrogens is 536 g/mol. The van der Waals surface area contributed by atoms with Crippen molar-refractivity contribution in [3.05, 3.63) is 132 Å². The molecular formula is C40H34N4. The third kappa shape index (κ3) is 4.24. The topological polar surface area (TPSA) is 43.6 Å². The van der Waals surface area contributed by atoms with Gasteiger partial charge in [0.15, 0.2) is 17.5 Å². The van der Waals surface area contributed by atoms with E-state index in [2.05, 4.69) is 92.9 Å². The summed E-state index contributed by atoms with van der Waals surface area (Å²) in [6, 6.07) is 42.6. The van der Waals surface area contributed by atoms with Gasteiger partial charge in [0.2, 0.25) is 0 Å². The van der Waals surface area contributed by atoms with Crippen LogP contribution in [0.5, 0.6) is 0 Å². The summed E-state index contributed by atoms with van der Waals surface area (Å²) in [7, 11) is 0. The first-order valence-corrected chi connectivity index (χ1v) is 15.3. The van der Waals surface area contributed by atoms with Gasteiger partial charge in [0.25, 0.3) is 0 Å². The lowest BCUT2D eigenvalue weighted by molar-refractivity contribution is 0.403. The number of benzene rings is 5. The normalized spacial score (nSPS) is 15.1. The van der Waals surface area contributed by atoms with Gasteiger partial charge in [0, 0.05) is 33.2 Å². The molecule has 0 bridgehead atoms. The summed E-state index contributed by atoms with van der Waals surface area (Å²) in [6.45, 7) is 9.54. The zero-order valence-electron chi connectivity index (χ0n) is 25.5. The molecule has 0 fully saturated rings. The first-order chi connectivity index (χ1) is 21.3. The molecule has 4 nitrogen and oxygen atoms in total. The van der Waals surface area contributed by atoms with Crippen LogP contribution in [0.3, 0.4) is 0 Å². The summed E-state index contributed by atoms with van der Waals surface area (Å²) in [5.41, 5.74) is 9.69. The van der Waals surface area contributed by atoms with Crippen molar-refractivity contribution in [1.82, 2.24) is 19.5 Å². The van der Waals surface area contributed by atoms with E-state index in [1.54, 1.807) is 0 Å². The molecule has 8 rings (SSSR count). The minimum absolute atomic E-state index is 0.129. The van der Waals surface area contributed by atoms with Gasteiger partial charge < -0.3 is 4.57 Å². The van der Waals surface area contributed by atoms with Crippen LogP contribution in [0.25, 0.3) is 61.7 Å². The number of hydrogen-bond donors (Lipinski definition) is 0. The molecule has 2 aromatic heterocycles. The molecule has 0 N–H and O–H groups in total. The maximum Gasteiger partial charge on any atom is 0.164 e. The second-order valence-electron chi connectivity index (χ2n) is 13.3. The second-order valence-corrected chi connectivity index (χ2v) is 13.3. The van der Waals surface area contributed by atoms with E-state index in [4.69, 9.17) is 15.0 Å². The third-order valence-electron chi connectivity index (χ3n) is 9.24. The Hall–Kier alpha value is -5.09. The third-order valence-corrected chi connectivity index (χ3v) is 9.24. The van der Waals surface area contributed by atoms with Crippen LogP contribution in [0.4, 0.5) is 0 Å². The van der Waals surface area contributed by atoms with Crippen LogP contribution in [0.1, 0.15) is 45.2 Å². The van der Waals surface area contributed by atoms with Crippen LogP contribution in [0.15, 0.2) is 121 Å². The molecule has 0 saturated heterocycles. The Bertz CT molecular complexity index is 2120. The summed E-state index contributed by atoms with van der Waals surface area (Å²) in [6.07, 6.45) is 1.15. The van der Waals surface area contributed by atoms with Crippen LogP contribution in [0, 0.1) is 0 Å². The summed E-state index contributed by atoms with van der Waals surface area (Å²) in [4.78, 5) is 14.7. The highest BCUT2D eigenvalue weighted by atomic mass is 15.0. The molecule has 44 heavy (non-hydrogen) atoms.